The van der Waals surface area contributed by atoms with Crippen molar-refractivity contribution >= 4 is 44.2 Å². The van der Waals surface area contributed by atoms with Crippen LogP contribution in [0.15, 0.2) is 65.7 Å². The molecule has 0 saturated heterocycles. The maximum Gasteiger partial charge on any atom is 0.338 e. The molecule has 1 amide bonds. The van der Waals surface area contributed by atoms with Crippen LogP contribution in [0.3, 0.4) is 0 Å². The van der Waals surface area contributed by atoms with Crippen molar-refractivity contribution < 1.29 is 14.3 Å². The number of aryl methyl sites for hydroxylation is 1. The van der Waals surface area contributed by atoms with Crippen molar-refractivity contribution in [2.24, 2.45) is 12.0 Å². The van der Waals surface area contributed by atoms with Crippen LogP contribution in [0, 0.1) is 0 Å². The summed E-state index contributed by atoms with van der Waals surface area (Å²) in [5.74, 6) is -0.643. The lowest BCUT2D eigenvalue weighted by molar-refractivity contribution is 0.0526. The van der Waals surface area contributed by atoms with E-state index >= 15 is 0 Å². The zero-order valence-electron chi connectivity index (χ0n) is 15.5. The van der Waals surface area contributed by atoms with Crippen molar-refractivity contribution in [3.8, 4) is 0 Å². The van der Waals surface area contributed by atoms with Crippen molar-refractivity contribution in [3.63, 3.8) is 0 Å². The van der Waals surface area contributed by atoms with Crippen LogP contribution < -0.4 is 4.80 Å². The molecule has 0 unspecified atom stereocenters. The van der Waals surface area contributed by atoms with E-state index in [9.17, 15) is 9.59 Å². The van der Waals surface area contributed by atoms with E-state index in [4.69, 9.17) is 4.74 Å². The monoisotopic (exact) mass is 390 g/mol. The molecule has 0 fully saturated rings. The Morgan fingerprint density at radius 1 is 1.07 bits per heavy atom. The van der Waals surface area contributed by atoms with Crippen molar-refractivity contribution in [3.05, 3.63) is 76.6 Å². The van der Waals surface area contributed by atoms with Crippen molar-refractivity contribution in [1.29, 1.82) is 0 Å². The Kier molecular flexibility index (Phi) is 4.79. The first-order chi connectivity index (χ1) is 13.6. The molecule has 0 spiro atoms. The van der Waals surface area contributed by atoms with Gasteiger partial charge in [-0.15, -0.1) is 0 Å². The molecular weight excluding hydrogens is 372 g/mol. The van der Waals surface area contributed by atoms with Crippen LogP contribution in [-0.4, -0.2) is 23.1 Å². The zero-order valence-corrected chi connectivity index (χ0v) is 16.3. The van der Waals surface area contributed by atoms with Gasteiger partial charge in [0.2, 0.25) is 0 Å². The van der Waals surface area contributed by atoms with E-state index in [1.807, 2.05) is 54.1 Å². The number of carbonyl (C=O) groups excluding carboxylic acids is 2. The average molecular weight is 390 g/mol. The predicted octanol–water partition coefficient (Wildman–Crippen LogP) is 4.31. The minimum absolute atomic E-state index is 0.287. The van der Waals surface area contributed by atoms with Gasteiger partial charge < -0.3 is 9.30 Å². The number of ether oxygens (including phenoxy) is 1. The second kappa shape index (κ2) is 7.40. The molecule has 3 aromatic carbocycles. The quantitative estimate of drug-likeness (QED) is 0.490. The molecule has 0 bridgehead atoms. The molecule has 0 aliphatic rings. The number of hydrogen-bond donors (Lipinski definition) is 0. The van der Waals surface area contributed by atoms with Gasteiger partial charge in [-0.3, -0.25) is 4.79 Å². The summed E-state index contributed by atoms with van der Waals surface area (Å²) in [6, 6.07) is 18.7. The Morgan fingerprint density at radius 2 is 1.86 bits per heavy atom. The molecule has 0 radical (unpaired) electrons. The number of thiazole rings is 1. The highest BCUT2D eigenvalue weighted by Gasteiger charge is 2.12. The van der Waals surface area contributed by atoms with Crippen LogP contribution in [0.5, 0.6) is 0 Å². The number of aromatic nitrogens is 1. The van der Waals surface area contributed by atoms with Gasteiger partial charge in [-0.2, -0.15) is 4.99 Å². The Hall–Kier alpha value is -3.25. The van der Waals surface area contributed by atoms with Gasteiger partial charge in [0.1, 0.15) is 0 Å². The lowest BCUT2D eigenvalue weighted by atomic mass is 10.0. The second-order valence-corrected chi connectivity index (χ2v) is 7.30. The lowest BCUT2D eigenvalue weighted by Crippen LogP contribution is -2.13. The number of amides is 1. The molecule has 1 heterocycles. The van der Waals surface area contributed by atoms with Gasteiger partial charge in [-0.1, -0.05) is 47.7 Å². The van der Waals surface area contributed by atoms with Crippen LogP contribution in [0.25, 0.3) is 21.0 Å². The Labute approximate surface area is 165 Å². The van der Waals surface area contributed by atoms with E-state index in [0.29, 0.717) is 22.5 Å². The number of hydrogen-bond acceptors (Lipinski definition) is 4. The minimum Gasteiger partial charge on any atom is -0.462 e. The fourth-order valence-corrected chi connectivity index (χ4v) is 4.20. The van der Waals surface area contributed by atoms with Crippen LogP contribution in [0.1, 0.15) is 27.6 Å². The molecule has 0 aliphatic carbocycles. The fraction of sp³-hybridized carbons (Fsp3) is 0.136. The third kappa shape index (κ3) is 3.23. The van der Waals surface area contributed by atoms with Crippen LogP contribution in [0.4, 0.5) is 0 Å². The molecule has 5 nitrogen and oxygen atoms in total. The molecule has 4 rings (SSSR count). The maximum absolute atomic E-state index is 12.9. The van der Waals surface area contributed by atoms with Crippen LogP contribution in [0.2, 0.25) is 0 Å². The number of nitrogens with zero attached hydrogens (tertiary/aromatic N) is 2. The highest BCUT2D eigenvalue weighted by atomic mass is 32.1. The maximum atomic E-state index is 12.9. The first kappa shape index (κ1) is 18.1. The van der Waals surface area contributed by atoms with Crippen molar-refractivity contribution in [2.45, 2.75) is 6.92 Å². The molecule has 4 aromatic rings. The summed E-state index contributed by atoms with van der Waals surface area (Å²) in [6.07, 6.45) is 0. The molecule has 0 N–H and O–H groups in total. The highest BCUT2D eigenvalue weighted by molar-refractivity contribution is 7.16. The molecule has 0 atom stereocenters. The minimum atomic E-state index is -0.356. The van der Waals surface area contributed by atoms with Gasteiger partial charge in [-0.05, 0) is 42.0 Å². The van der Waals surface area contributed by atoms with Gasteiger partial charge in [0.25, 0.3) is 5.91 Å². The summed E-state index contributed by atoms with van der Waals surface area (Å²) in [4.78, 5) is 29.8. The third-order valence-corrected chi connectivity index (χ3v) is 5.63. The van der Waals surface area contributed by atoms with Gasteiger partial charge in [0, 0.05) is 12.6 Å². The SMILES string of the molecule is CCOC(=O)c1ccc2c(c1)sc(=NC(=O)c1cccc3ccccc13)n2C. The first-order valence-electron chi connectivity index (χ1n) is 8.92. The molecular formula is C22H18N2O3S. The Morgan fingerprint density at radius 3 is 2.68 bits per heavy atom. The smallest absolute Gasteiger partial charge is 0.338 e. The van der Waals surface area contributed by atoms with Crippen LogP contribution >= 0.6 is 11.3 Å². The Bertz CT molecular complexity index is 1280. The number of esters is 1. The Balaban J connectivity index is 1.79. The first-order valence-corrected chi connectivity index (χ1v) is 9.73. The van der Waals surface area contributed by atoms with Gasteiger partial charge >= 0.3 is 5.97 Å². The predicted molar refractivity (Wildman–Crippen MR) is 111 cm³/mol. The summed E-state index contributed by atoms with van der Waals surface area (Å²) in [6.45, 7) is 2.10. The van der Waals surface area contributed by atoms with E-state index in [1.54, 1.807) is 25.1 Å². The normalized spacial score (nSPS) is 11.9. The molecule has 1 aromatic heterocycles. The summed E-state index contributed by atoms with van der Waals surface area (Å²) >= 11 is 1.37. The van der Waals surface area contributed by atoms with E-state index in [1.165, 1.54) is 11.3 Å². The number of benzene rings is 3. The summed E-state index contributed by atoms with van der Waals surface area (Å²) in [7, 11) is 1.86. The van der Waals surface area contributed by atoms with Gasteiger partial charge in [-0.25, -0.2) is 4.79 Å². The molecule has 0 saturated carbocycles. The topological polar surface area (TPSA) is 60.7 Å². The average Bonchev–Trinajstić information content (AvgIpc) is 3.02. The standard InChI is InChI=1S/C22H18N2O3S/c1-3-27-21(26)15-11-12-18-19(13-15)28-22(24(18)2)23-20(25)17-10-6-8-14-7-4-5-9-16(14)17/h4-13H,3H2,1-2H3. The summed E-state index contributed by atoms with van der Waals surface area (Å²) in [5, 5.41) is 1.88. The summed E-state index contributed by atoms with van der Waals surface area (Å²) < 4.78 is 7.79. The molecule has 0 aliphatic heterocycles. The fourth-order valence-electron chi connectivity index (χ4n) is 3.14. The lowest BCUT2D eigenvalue weighted by Gasteiger charge is -2.02. The number of carbonyl (C=O) groups is 2. The van der Waals surface area contributed by atoms with E-state index in [2.05, 4.69) is 4.99 Å². The third-order valence-electron chi connectivity index (χ3n) is 4.54. The molecule has 28 heavy (non-hydrogen) atoms. The van der Waals surface area contributed by atoms with Crippen molar-refractivity contribution in [1.82, 2.24) is 4.57 Å². The second-order valence-electron chi connectivity index (χ2n) is 6.29. The largest absolute Gasteiger partial charge is 0.462 e. The van der Waals surface area contributed by atoms with Crippen LogP contribution in [-0.2, 0) is 11.8 Å². The number of fused-ring (bicyclic) bond motifs is 2. The zero-order chi connectivity index (χ0) is 19.7. The molecule has 6 heteroatoms. The molecule has 140 valence electrons. The number of rotatable bonds is 3. The van der Waals surface area contributed by atoms with Crippen molar-refractivity contribution in [2.75, 3.05) is 6.61 Å². The van der Waals surface area contributed by atoms with E-state index < -0.39 is 0 Å². The van der Waals surface area contributed by atoms with Gasteiger partial charge in [0.05, 0.1) is 22.4 Å². The highest BCUT2D eigenvalue weighted by Crippen LogP contribution is 2.21. The summed E-state index contributed by atoms with van der Waals surface area (Å²) in [5.41, 5.74) is 1.97. The van der Waals surface area contributed by atoms with E-state index in [-0.39, 0.29) is 11.9 Å². The van der Waals surface area contributed by atoms with Gasteiger partial charge in [0.15, 0.2) is 4.80 Å². The van der Waals surface area contributed by atoms with E-state index in [0.717, 1.165) is 21.0 Å².